The Hall–Kier alpha value is -0.570. The van der Waals surface area contributed by atoms with Crippen molar-refractivity contribution in [2.24, 2.45) is 5.41 Å². The standard InChI is InChI=1S/C11H21NO2/c1-10(2,3)8-11(9(13)14-4)6-5-7-12-11/h12H,5-8H2,1-4H3. The van der Waals surface area contributed by atoms with E-state index in [-0.39, 0.29) is 11.4 Å². The monoisotopic (exact) mass is 199 g/mol. The van der Waals surface area contributed by atoms with Gasteiger partial charge in [-0.25, -0.2) is 0 Å². The lowest BCUT2D eigenvalue weighted by atomic mass is 9.79. The van der Waals surface area contributed by atoms with Crippen molar-refractivity contribution in [3.05, 3.63) is 0 Å². The second-order valence-corrected chi connectivity index (χ2v) is 5.34. The average Bonchev–Trinajstić information content (AvgIpc) is 2.49. The van der Waals surface area contributed by atoms with Gasteiger partial charge in [-0.05, 0) is 31.2 Å². The second-order valence-electron chi connectivity index (χ2n) is 5.34. The van der Waals surface area contributed by atoms with Crippen molar-refractivity contribution in [3.8, 4) is 0 Å². The van der Waals surface area contributed by atoms with Gasteiger partial charge in [0.15, 0.2) is 0 Å². The number of methoxy groups -OCH3 is 1. The second kappa shape index (κ2) is 3.89. The predicted octanol–water partition coefficient (Wildman–Crippen LogP) is 1.72. The first-order valence-corrected chi connectivity index (χ1v) is 5.23. The highest BCUT2D eigenvalue weighted by Crippen LogP contribution is 2.34. The smallest absolute Gasteiger partial charge is 0.326 e. The Labute approximate surface area is 86.2 Å². The molecule has 1 saturated heterocycles. The van der Waals surface area contributed by atoms with Gasteiger partial charge in [0.05, 0.1) is 7.11 Å². The van der Waals surface area contributed by atoms with Crippen LogP contribution in [0.15, 0.2) is 0 Å². The number of nitrogens with one attached hydrogen (secondary N) is 1. The molecule has 0 saturated carbocycles. The van der Waals surface area contributed by atoms with E-state index < -0.39 is 5.54 Å². The molecule has 0 aromatic rings. The molecular formula is C11H21NO2. The normalized spacial score (nSPS) is 27.7. The third kappa shape index (κ3) is 2.47. The van der Waals surface area contributed by atoms with Crippen LogP contribution in [-0.2, 0) is 9.53 Å². The van der Waals surface area contributed by atoms with Gasteiger partial charge in [-0.1, -0.05) is 20.8 Å². The van der Waals surface area contributed by atoms with E-state index in [1.807, 2.05) is 0 Å². The molecule has 0 bridgehead atoms. The lowest BCUT2D eigenvalue weighted by Gasteiger charge is -2.33. The molecule has 14 heavy (non-hydrogen) atoms. The fraction of sp³-hybridized carbons (Fsp3) is 0.909. The zero-order valence-corrected chi connectivity index (χ0v) is 9.64. The van der Waals surface area contributed by atoms with Gasteiger partial charge < -0.3 is 10.1 Å². The van der Waals surface area contributed by atoms with Crippen LogP contribution < -0.4 is 5.32 Å². The predicted molar refractivity (Wildman–Crippen MR) is 56.1 cm³/mol. The molecule has 0 amide bonds. The third-order valence-electron chi connectivity index (χ3n) is 2.65. The first-order valence-electron chi connectivity index (χ1n) is 5.23. The number of hydrogen-bond acceptors (Lipinski definition) is 3. The summed E-state index contributed by atoms with van der Waals surface area (Å²) in [5.41, 5.74) is -0.279. The van der Waals surface area contributed by atoms with Crippen LogP contribution in [0, 0.1) is 5.41 Å². The average molecular weight is 199 g/mol. The Kier molecular flexibility index (Phi) is 3.20. The fourth-order valence-electron chi connectivity index (χ4n) is 2.30. The number of carbonyl (C=O) groups is 1. The molecule has 3 heteroatoms. The summed E-state index contributed by atoms with van der Waals surface area (Å²) in [6, 6.07) is 0. The van der Waals surface area contributed by atoms with Crippen molar-refractivity contribution in [3.63, 3.8) is 0 Å². The van der Waals surface area contributed by atoms with Gasteiger partial charge in [-0.15, -0.1) is 0 Å². The van der Waals surface area contributed by atoms with Gasteiger partial charge in [-0.2, -0.15) is 0 Å². The van der Waals surface area contributed by atoms with Crippen LogP contribution in [0.4, 0.5) is 0 Å². The first-order chi connectivity index (χ1) is 6.40. The van der Waals surface area contributed by atoms with E-state index in [4.69, 9.17) is 4.74 Å². The van der Waals surface area contributed by atoms with Crippen molar-refractivity contribution in [2.45, 2.75) is 45.6 Å². The molecule has 3 nitrogen and oxygen atoms in total. The van der Waals surface area contributed by atoms with E-state index >= 15 is 0 Å². The van der Waals surface area contributed by atoms with E-state index in [2.05, 4.69) is 26.1 Å². The minimum atomic E-state index is -0.424. The highest BCUT2D eigenvalue weighted by atomic mass is 16.5. The maximum absolute atomic E-state index is 11.7. The summed E-state index contributed by atoms with van der Waals surface area (Å²) in [4.78, 5) is 11.7. The number of ether oxygens (including phenoxy) is 1. The van der Waals surface area contributed by atoms with Gasteiger partial charge in [0.1, 0.15) is 5.54 Å². The number of esters is 1. The summed E-state index contributed by atoms with van der Waals surface area (Å²) >= 11 is 0. The maximum Gasteiger partial charge on any atom is 0.326 e. The van der Waals surface area contributed by atoms with Crippen LogP contribution in [-0.4, -0.2) is 25.2 Å². The molecule has 0 aromatic carbocycles. The molecule has 1 atom stereocenters. The van der Waals surface area contributed by atoms with Crippen molar-refractivity contribution in [2.75, 3.05) is 13.7 Å². The van der Waals surface area contributed by atoms with Crippen LogP contribution in [0.1, 0.15) is 40.0 Å². The molecular weight excluding hydrogens is 178 g/mol. The molecule has 1 N–H and O–H groups in total. The number of rotatable bonds is 2. The quantitative estimate of drug-likeness (QED) is 0.688. The Morgan fingerprint density at radius 1 is 1.50 bits per heavy atom. The van der Waals surface area contributed by atoms with Gasteiger partial charge in [-0.3, -0.25) is 4.79 Å². The molecule has 1 aliphatic heterocycles. The van der Waals surface area contributed by atoms with Gasteiger partial charge in [0.2, 0.25) is 0 Å². The van der Waals surface area contributed by atoms with Crippen LogP contribution in [0.3, 0.4) is 0 Å². The molecule has 1 fully saturated rings. The van der Waals surface area contributed by atoms with Crippen LogP contribution in [0.2, 0.25) is 0 Å². The van der Waals surface area contributed by atoms with Crippen molar-refractivity contribution >= 4 is 5.97 Å². The van der Waals surface area contributed by atoms with Crippen molar-refractivity contribution in [1.29, 1.82) is 0 Å². The molecule has 0 aromatic heterocycles. The lowest BCUT2D eigenvalue weighted by Crippen LogP contribution is -2.50. The SMILES string of the molecule is COC(=O)C1(CC(C)(C)C)CCCN1. The summed E-state index contributed by atoms with van der Waals surface area (Å²) in [7, 11) is 1.47. The Morgan fingerprint density at radius 3 is 2.50 bits per heavy atom. The molecule has 1 heterocycles. The minimum absolute atomic E-state index is 0.107. The zero-order chi connectivity index (χ0) is 10.8. The number of hydrogen-bond donors (Lipinski definition) is 1. The highest BCUT2D eigenvalue weighted by molar-refractivity contribution is 5.81. The molecule has 0 aliphatic carbocycles. The van der Waals surface area contributed by atoms with Gasteiger partial charge in [0.25, 0.3) is 0 Å². The van der Waals surface area contributed by atoms with Crippen molar-refractivity contribution < 1.29 is 9.53 Å². The van der Waals surface area contributed by atoms with Crippen LogP contribution >= 0.6 is 0 Å². The summed E-state index contributed by atoms with van der Waals surface area (Å²) in [5, 5.41) is 3.30. The molecule has 0 radical (unpaired) electrons. The Balaban J connectivity index is 2.77. The summed E-state index contributed by atoms with van der Waals surface area (Å²) < 4.78 is 4.88. The summed E-state index contributed by atoms with van der Waals surface area (Å²) in [6.07, 6.45) is 2.80. The Morgan fingerprint density at radius 2 is 2.14 bits per heavy atom. The first kappa shape index (κ1) is 11.5. The lowest BCUT2D eigenvalue weighted by molar-refractivity contribution is -0.149. The van der Waals surface area contributed by atoms with E-state index in [0.29, 0.717) is 0 Å². The van der Waals surface area contributed by atoms with E-state index in [1.165, 1.54) is 7.11 Å². The highest BCUT2D eigenvalue weighted by Gasteiger charge is 2.44. The van der Waals surface area contributed by atoms with E-state index in [9.17, 15) is 4.79 Å². The summed E-state index contributed by atoms with van der Waals surface area (Å²) in [6.45, 7) is 7.37. The molecule has 0 spiro atoms. The van der Waals surface area contributed by atoms with E-state index in [0.717, 1.165) is 25.8 Å². The maximum atomic E-state index is 11.7. The third-order valence-corrected chi connectivity index (χ3v) is 2.65. The molecule has 82 valence electrons. The largest absolute Gasteiger partial charge is 0.468 e. The van der Waals surface area contributed by atoms with E-state index in [1.54, 1.807) is 0 Å². The van der Waals surface area contributed by atoms with Gasteiger partial charge in [0, 0.05) is 0 Å². The topological polar surface area (TPSA) is 38.3 Å². The van der Waals surface area contributed by atoms with Gasteiger partial charge >= 0.3 is 5.97 Å². The van der Waals surface area contributed by atoms with Crippen LogP contribution in [0.25, 0.3) is 0 Å². The Bertz CT molecular complexity index is 212. The minimum Gasteiger partial charge on any atom is -0.468 e. The molecule has 1 unspecified atom stereocenters. The summed E-state index contributed by atoms with van der Waals surface area (Å²) in [5.74, 6) is -0.107. The number of carbonyl (C=O) groups excluding carboxylic acids is 1. The zero-order valence-electron chi connectivity index (χ0n) is 9.64. The molecule has 1 rings (SSSR count). The fourth-order valence-corrected chi connectivity index (χ4v) is 2.30. The molecule has 1 aliphatic rings. The van der Waals surface area contributed by atoms with Crippen LogP contribution in [0.5, 0.6) is 0 Å². The van der Waals surface area contributed by atoms with Crippen molar-refractivity contribution in [1.82, 2.24) is 5.32 Å².